The lowest BCUT2D eigenvalue weighted by atomic mass is 10.0. The molecule has 3 aromatic carbocycles. The van der Waals surface area contributed by atoms with Gasteiger partial charge in [0.1, 0.15) is 0 Å². The number of benzene rings is 3. The number of amides is 1. The van der Waals surface area contributed by atoms with Crippen molar-refractivity contribution < 1.29 is 4.79 Å². The second-order valence-electron chi connectivity index (χ2n) is 6.14. The topological polar surface area (TPSA) is 23.6 Å². The molecule has 0 saturated carbocycles. The number of para-hydroxylation sites is 1. The van der Waals surface area contributed by atoms with Gasteiger partial charge in [0, 0.05) is 37.4 Å². The van der Waals surface area contributed by atoms with Crippen molar-refractivity contribution >= 4 is 22.4 Å². The van der Waals surface area contributed by atoms with Crippen LogP contribution in [0.4, 0.5) is 5.69 Å². The lowest BCUT2D eigenvalue weighted by molar-refractivity contribution is 0.0749. The lowest BCUT2D eigenvalue weighted by Gasteiger charge is -2.36. The van der Waals surface area contributed by atoms with Crippen molar-refractivity contribution in [3.05, 3.63) is 78.4 Å². The zero-order chi connectivity index (χ0) is 16.4. The maximum Gasteiger partial charge on any atom is 0.254 e. The van der Waals surface area contributed by atoms with Crippen LogP contribution in [0, 0.1) is 0 Å². The molecule has 0 unspecified atom stereocenters. The molecule has 0 bridgehead atoms. The minimum absolute atomic E-state index is 0.138. The van der Waals surface area contributed by atoms with Gasteiger partial charge in [0.15, 0.2) is 0 Å². The van der Waals surface area contributed by atoms with Crippen molar-refractivity contribution in [1.82, 2.24) is 4.90 Å². The van der Waals surface area contributed by atoms with Crippen molar-refractivity contribution in [1.29, 1.82) is 0 Å². The third-order valence-corrected chi connectivity index (χ3v) is 4.71. The van der Waals surface area contributed by atoms with Crippen LogP contribution in [0.2, 0.25) is 0 Å². The van der Waals surface area contributed by atoms with E-state index in [0.717, 1.165) is 42.5 Å². The molecule has 1 saturated heterocycles. The van der Waals surface area contributed by atoms with Crippen molar-refractivity contribution in [2.45, 2.75) is 0 Å². The normalized spacial score (nSPS) is 14.8. The molecule has 1 amide bonds. The second-order valence-corrected chi connectivity index (χ2v) is 6.14. The molecule has 3 heteroatoms. The van der Waals surface area contributed by atoms with E-state index in [-0.39, 0.29) is 5.91 Å². The minimum atomic E-state index is 0.138. The van der Waals surface area contributed by atoms with Gasteiger partial charge in [-0.3, -0.25) is 4.79 Å². The number of hydrogen-bond donors (Lipinski definition) is 0. The van der Waals surface area contributed by atoms with Gasteiger partial charge in [-0.25, -0.2) is 0 Å². The Bertz CT molecular complexity index is 847. The Balaban J connectivity index is 1.52. The van der Waals surface area contributed by atoms with E-state index in [0.29, 0.717) is 0 Å². The molecule has 0 N–H and O–H groups in total. The van der Waals surface area contributed by atoms with Gasteiger partial charge in [-0.2, -0.15) is 0 Å². The van der Waals surface area contributed by atoms with Crippen LogP contribution in [0.1, 0.15) is 10.4 Å². The smallest absolute Gasteiger partial charge is 0.254 e. The molecular formula is C21H20N2O. The third kappa shape index (κ3) is 2.73. The minimum Gasteiger partial charge on any atom is -0.368 e. The molecule has 0 aliphatic carbocycles. The van der Waals surface area contributed by atoms with E-state index in [1.165, 1.54) is 5.69 Å². The number of rotatable bonds is 2. The first kappa shape index (κ1) is 14.8. The van der Waals surface area contributed by atoms with E-state index in [4.69, 9.17) is 0 Å². The highest BCUT2D eigenvalue weighted by Gasteiger charge is 2.23. The summed E-state index contributed by atoms with van der Waals surface area (Å²) in [6, 6.07) is 24.5. The molecule has 0 spiro atoms. The summed E-state index contributed by atoms with van der Waals surface area (Å²) in [5.74, 6) is 0.138. The first-order chi connectivity index (χ1) is 11.8. The van der Waals surface area contributed by atoms with E-state index < -0.39 is 0 Å². The summed E-state index contributed by atoms with van der Waals surface area (Å²) in [6.45, 7) is 3.27. The van der Waals surface area contributed by atoms with Gasteiger partial charge in [-0.05, 0) is 29.0 Å². The van der Waals surface area contributed by atoms with E-state index in [1.54, 1.807) is 0 Å². The van der Waals surface area contributed by atoms with Gasteiger partial charge in [0.25, 0.3) is 5.91 Å². The molecule has 1 aliphatic rings. The second kappa shape index (κ2) is 6.36. The summed E-state index contributed by atoms with van der Waals surface area (Å²) in [4.78, 5) is 17.3. The van der Waals surface area contributed by atoms with Gasteiger partial charge < -0.3 is 9.80 Å². The van der Waals surface area contributed by atoms with Gasteiger partial charge in [-0.1, -0.05) is 54.6 Å². The zero-order valence-corrected chi connectivity index (χ0v) is 13.6. The van der Waals surface area contributed by atoms with Gasteiger partial charge in [0.05, 0.1) is 0 Å². The number of carbonyl (C=O) groups excluding carboxylic acids is 1. The van der Waals surface area contributed by atoms with Crippen molar-refractivity contribution in [2.75, 3.05) is 31.1 Å². The molecule has 24 heavy (non-hydrogen) atoms. The van der Waals surface area contributed by atoms with Crippen molar-refractivity contribution in [3.63, 3.8) is 0 Å². The molecule has 0 aromatic heterocycles. The highest BCUT2D eigenvalue weighted by molar-refractivity contribution is 6.07. The first-order valence-electron chi connectivity index (χ1n) is 8.40. The monoisotopic (exact) mass is 316 g/mol. The van der Waals surface area contributed by atoms with Crippen molar-refractivity contribution in [3.8, 4) is 0 Å². The predicted molar refractivity (Wildman–Crippen MR) is 98.5 cm³/mol. The molecule has 120 valence electrons. The molecule has 1 fully saturated rings. The Morgan fingerprint density at radius 1 is 0.708 bits per heavy atom. The van der Waals surface area contributed by atoms with Crippen LogP contribution in [-0.2, 0) is 0 Å². The summed E-state index contributed by atoms with van der Waals surface area (Å²) < 4.78 is 0. The van der Waals surface area contributed by atoms with E-state index in [1.807, 2.05) is 41.3 Å². The SMILES string of the molecule is O=C(c1cccc2ccccc12)N1CCN(c2ccccc2)CC1. The largest absolute Gasteiger partial charge is 0.368 e. The molecular weight excluding hydrogens is 296 g/mol. The van der Waals surface area contributed by atoms with Crippen LogP contribution in [0.3, 0.4) is 0 Å². The number of fused-ring (bicyclic) bond motifs is 1. The summed E-state index contributed by atoms with van der Waals surface area (Å²) in [6.07, 6.45) is 0. The van der Waals surface area contributed by atoms with Crippen LogP contribution in [0.15, 0.2) is 72.8 Å². The molecule has 3 nitrogen and oxygen atoms in total. The van der Waals surface area contributed by atoms with Gasteiger partial charge in [0.2, 0.25) is 0 Å². The van der Waals surface area contributed by atoms with Crippen LogP contribution in [0.5, 0.6) is 0 Å². The van der Waals surface area contributed by atoms with Crippen LogP contribution in [0.25, 0.3) is 10.8 Å². The molecule has 1 heterocycles. The summed E-state index contributed by atoms with van der Waals surface area (Å²) in [5.41, 5.74) is 2.04. The predicted octanol–water partition coefficient (Wildman–Crippen LogP) is 3.80. The fourth-order valence-corrected chi connectivity index (χ4v) is 3.39. The number of carbonyl (C=O) groups is 1. The first-order valence-corrected chi connectivity index (χ1v) is 8.40. The molecule has 1 aliphatic heterocycles. The average Bonchev–Trinajstić information content (AvgIpc) is 2.68. The highest BCUT2D eigenvalue weighted by Crippen LogP contribution is 2.22. The van der Waals surface area contributed by atoms with Gasteiger partial charge in [-0.15, -0.1) is 0 Å². The number of nitrogens with zero attached hydrogens (tertiary/aromatic N) is 2. The lowest BCUT2D eigenvalue weighted by Crippen LogP contribution is -2.48. The number of anilines is 1. The van der Waals surface area contributed by atoms with Crippen LogP contribution in [-0.4, -0.2) is 37.0 Å². The fraction of sp³-hybridized carbons (Fsp3) is 0.190. The number of hydrogen-bond acceptors (Lipinski definition) is 2. The maximum atomic E-state index is 13.0. The Morgan fingerprint density at radius 2 is 1.38 bits per heavy atom. The Hall–Kier alpha value is -2.81. The third-order valence-electron chi connectivity index (χ3n) is 4.71. The Morgan fingerprint density at radius 3 is 2.17 bits per heavy atom. The molecule has 4 rings (SSSR count). The summed E-state index contributed by atoms with van der Waals surface area (Å²) in [7, 11) is 0. The maximum absolute atomic E-state index is 13.0. The van der Waals surface area contributed by atoms with E-state index in [2.05, 4.69) is 41.3 Å². The Kier molecular flexibility index (Phi) is 3.91. The molecule has 0 atom stereocenters. The highest BCUT2D eigenvalue weighted by atomic mass is 16.2. The van der Waals surface area contributed by atoms with Crippen LogP contribution >= 0.6 is 0 Å². The van der Waals surface area contributed by atoms with Crippen molar-refractivity contribution in [2.24, 2.45) is 0 Å². The fourth-order valence-electron chi connectivity index (χ4n) is 3.39. The molecule has 0 radical (unpaired) electrons. The number of piperazine rings is 1. The quantitative estimate of drug-likeness (QED) is 0.718. The standard InChI is InChI=1S/C21H20N2O/c24-21(20-12-6-8-17-7-4-5-11-19(17)20)23-15-13-22(14-16-23)18-9-2-1-3-10-18/h1-12H,13-16H2. The Labute approximate surface area is 142 Å². The molecule has 3 aromatic rings. The van der Waals surface area contributed by atoms with E-state index >= 15 is 0 Å². The summed E-state index contributed by atoms with van der Waals surface area (Å²) in [5, 5.41) is 2.15. The average molecular weight is 316 g/mol. The summed E-state index contributed by atoms with van der Waals surface area (Å²) >= 11 is 0. The van der Waals surface area contributed by atoms with Crippen LogP contribution < -0.4 is 4.90 Å². The zero-order valence-electron chi connectivity index (χ0n) is 13.6. The van der Waals surface area contributed by atoms with E-state index in [9.17, 15) is 4.79 Å². The van der Waals surface area contributed by atoms with Gasteiger partial charge >= 0.3 is 0 Å².